The lowest BCUT2D eigenvalue weighted by molar-refractivity contribution is -0.145. The van der Waals surface area contributed by atoms with E-state index in [4.69, 9.17) is 10.5 Å². The Balaban J connectivity index is 1.89. The molecule has 0 aromatic carbocycles. The summed E-state index contributed by atoms with van der Waals surface area (Å²) in [5.74, 6) is -2.65. The van der Waals surface area contributed by atoms with Crippen molar-refractivity contribution >= 4 is 29.5 Å². The second kappa shape index (κ2) is 14.2. The maximum Gasteiger partial charge on any atom is 0.315 e. The lowest BCUT2D eigenvalue weighted by atomic mass is 9.70. The van der Waals surface area contributed by atoms with E-state index in [2.05, 4.69) is 36.7 Å². The van der Waals surface area contributed by atoms with Crippen molar-refractivity contribution < 1.29 is 28.7 Å². The third-order valence-corrected chi connectivity index (χ3v) is 10.7. The Morgan fingerprint density at radius 2 is 1.54 bits per heavy atom. The predicted octanol–water partition coefficient (Wildman–Crippen LogP) is 4.07. The molecule has 3 rings (SSSR count). The number of nitrogens with two attached hydrogens (primary N) is 1. The zero-order valence-electron chi connectivity index (χ0n) is 30.0. The van der Waals surface area contributed by atoms with Gasteiger partial charge in [0.25, 0.3) is 5.91 Å². The molecule has 1 aliphatic heterocycles. The summed E-state index contributed by atoms with van der Waals surface area (Å²) in [6, 6.07) is -3.47. The summed E-state index contributed by atoms with van der Waals surface area (Å²) in [4.78, 5) is 68.4. The molecule has 5 N–H and O–H groups in total. The molecule has 1 saturated heterocycles. The molecule has 1 heterocycles. The molecule has 0 radical (unpaired) electrons. The first-order valence-electron chi connectivity index (χ1n) is 17.3. The Morgan fingerprint density at radius 3 is 2.07 bits per heavy atom. The van der Waals surface area contributed by atoms with Gasteiger partial charge in [-0.25, -0.2) is 4.79 Å². The molecule has 1 unspecified atom stereocenters. The monoisotopic (exact) mass is 647 g/mol. The van der Waals surface area contributed by atoms with E-state index in [1.54, 1.807) is 4.90 Å². The minimum absolute atomic E-state index is 0.0968. The molecule has 11 heteroatoms. The van der Waals surface area contributed by atoms with Crippen LogP contribution in [0.1, 0.15) is 121 Å². The van der Waals surface area contributed by atoms with E-state index in [1.807, 2.05) is 48.5 Å². The van der Waals surface area contributed by atoms with Crippen molar-refractivity contribution in [1.82, 2.24) is 20.9 Å². The number of piperidine rings is 1. The fraction of sp³-hybridized carbons (Fsp3) is 0.857. The molecule has 262 valence electrons. The third kappa shape index (κ3) is 8.81. The van der Waals surface area contributed by atoms with Gasteiger partial charge in [-0.05, 0) is 68.1 Å². The normalized spacial score (nSPS) is 25.4. The first-order valence-corrected chi connectivity index (χ1v) is 17.3. The van der Waals surface area contributed by atoms with Crippen molar-refractivity contribution in [2.75, 3.05) is 13.2 Å². The highest BCUT2D eigenvalue weighted by Gasteiger charge is 2.70. The summed E-state index contributed by atoms with van der Waals surface area (Å²) in [7, 11) is 0. The SMILES string of the molecule is CCCCC(NC(=O)[C@@H]1[C@@H]2[C@H](CN1C(=O)[C@@H](NC(=O)N[C@H](COC(C)(C)C)C(C)(C)C)C1(C)CCCCC1)C2(C)C)C(=O)C(N)=O. The number of rotatable bonds is 13. The summed E-state index contributed by atoms with van der Waals surface area (Å²) >= 11 is 0. The Hall–Kier alpha value is -2.69. The summed E-state index contributed by atoms with van der Waals surface area (Å²) in [6.45, 7) is 20.9. The van der Waals surface area contributed by atoms with Gasteiger partial charge in [0.05, 0.1) is 24.3 Å². The number of nitrogens with one attached hydrogen (secondary N) is 3. The molecule has 3 aliphatic rings. The van der Waals surface area contributed by atoms with Crippen LogP contribution < -0.4 is 21.7 Å². The number of amides is 5. The average molecular weight is 648 g/mol. The molecule has 0 aromatic rings. The van der Waals surface area contributed by atoms with E-state index in [1.165, 1.54) is 0 Å². The number of urea groups is 1. The number of carbonyl (C=O) groups is 5. The minimum Gasteiger partial charge on any atom is -0.374 e. The first-order chi connectivity index (χ1) is 21.1. The molecule has 2 aliphatic carbocycles. The van der Waals surface area contributed by atoms with E-state index < -0.39 is 47.2 Å². The molecule has 0 bridgehead atoms. The van der Waals surface area contributed by atoms with E-state index in [9.17, 15) is 24.0 Å². The second-order valence-corrected chi connectivity index (χ2v) is 16.9. The topological polar surface area (TPSA) is 160 Å². The van der Waals surface area contributed by atoms with Gasteiger partial charge in [-0.2, -0.15) is 0 Å². The molecular weight excluding hydrogens is 586 g/mol. The second-order valence-electron chi connectivity index (χ2n) is 16.9. The number of hydrogen-bond donors (Lipinski definition) is 4. The van der Waals surface area contributed by atoms with Gasteiger partial charge >= 0.3 is 6.03 Å². The van der Waals surface area contributed by atoms with Gasteiger partial charge in [-0.15, -0.1) is 0 Å². The van der Waals surface area contributed by atoms with E-state index in [0.29, 0.717) is 26.0 Å². The molecule has 0 aromatic heterocycles. The number of Topliss-reactive ketones (excluding diaryl/α,β-unsaturated/α-hetero) is 1. The van der Waals surface area contributed by atoms with Gasteiger partial charge < -0.3 is 31.3 Å². The van der Waals surface area contributed by atoms with Crippen molar-refractivity contribution in [3.63, 3.8) is 0 Å². The number of primary amides is 1. The van der Waals surface area contributed by atoms with Crippen LogP contribution in [0.3, 0.4) is 0 Å². The quantitative estimate of drug-likeness (QED) is 0.221. The maximum atomic E-state index is 14.7. The molecule has 5 amide bonds. The Labute approximate surface area is 276 Å². The standard InChI is InChI=1S/C35H61N5O6/c1-11-12-16-22(26(41)28(36)42)37-29(43)25-24-21(34(24,8)9)19-40(25)30(44)27(35(10)17-14-13-15-18-35)39-31(45)38-23(32(2,3)4)20-46-33(5,6)7/h21-25,27H,11-20H2,1-10H3,(H2,36,42)(H,37,43)(H2,38,39,45)/t21-,22?,23+,24-,25-,27+/m0/s1. The van der Waals surface area contributed by atoms with Gasteiger partial charge in [-0.1, -0.05) is 80.6 Å². The van der Waals surface area contributed by atoms with Crippen LogP contribution in [-0.4, -0.2) is 77.4 Å². The van der Waals surface area contributed by atoms with Gasteiger partial charge in [0.1, 0.15) is 12.1 Å². The van der Waals surface area contributed by atoms with Gasteiger partial charge in [-0.3, -0.25) is 19.2 Å². The number of ketones is 1. The molecule has 46 heavy (non-hydrogen) atoms. The van der Waals surface area contributed by atoms with Crippen molar-refractivity contribution in [3.05, 3.63) is 0 Å². The number of fused-ring (bicyclic) bond motifs is 1. The summed E-state index contributed by atoms with van der Waals surface area (Å²) < 4.78 is 6.04. The van der Waals surface area contributed by atoms with E-state index >= 15 is 0 Å². The van der Waals surface area contributed by atoms with Crippen LogP contribution in [0.25, 0.3) is 0 Å². The fourth-order valence-corrected chi connectivity index (χ4v) is 7.44. The van der Waals surface area contributed by atoms with Crippen molar-refractivity contribution in [3.8, 4) is 0 Å². The van der Waals surface area contributed by atoms with Crippen LogP contribution in [0.4, 0.5) is 4.79 Å². The number of carbonyl (C=O) groups excluding carboxylic acids is 5. The first kappa shape index (κ1) is 37.8. The smallest absolute Gasteiger partial charge is 0.315 e. The molecule has 2 saturated carbocycles. The average Bonchev–Trinajstić information content (AvgIpc) is 3.26. The molecule has 3 fully saturated rings. The summed E-state index contributed by atoms with van der Waals surface area (Å²) in [6.07, 6.45) is 6.20. The minimum atomic E-state index is -1.09. The summed E-state index contributed by atoms with van der Waals surface area (Å²) in [5, 5.41) is 8.96. The highest BCUT2D eigenvalue weighted by Crippen LogP contribution is 2.65. The van der Waals surface area contributed by atoms with Gasteiger partial charge in [0.15, 0.2) is 0 Å². The molecule has 11 nitrogen and oxygen atoms in total. The molecular formula is C35H61N5O6. The Bertz CT molecular complexity index is 1150. The lowest BCUT2D eigenvalue weighted by Gasteiger charge is -2.43. The van der Waals surface area contributed by atoms with Gasteiger partial charge in [0, 0.05) is 6.54 Å². The van der Waals surface area contributed by atoms with Crippen LogP contribution in [-0.2, 0) is 23.9 Å². The predicted molar refractivity (Wildman–Crippen MR) is 178 cm³/mol. The Morgan fingerprint density at radius 1 is 0.935 bits per heavy atom. The van der Waals surface area contributed by atoms with E-state index in [0.717, 1.165) is 38.5 Å². The van der Waals surface area contributed by atoms with Crippen molar-refractivity contribution in [1.29, 1.82) is 0 Å². The van der Waals surface area contributed by atoms with Crippen LogP contribution in [0.15, 0.2) is 0 Å². The highest BCUT2D eigenvalue weighted by atomic mass is 16.5. The number of likely N-dealkylation sites (tertiary alicyclic amines) is 1. The van der Waals surface area contributed by atoms with Crippen molar-refractivity contribution in [2.24, 2.45) is 33.8 Å². The Kier molecular flexibility index (Phi) is 11.7. The largest absolute Gasteiger partial charge is 0.374 e. The van der Waals surface area contributed by atoms with Crippen LogP contribution >= 0.6 is 0 Å². The van der Waals surface area contributed by atoms with E-state index in [-0.39, 0.29) is 40.2 Å². The highest BCUT2D eigenvalue weighted by molar-refractivity contribution is 6.37. The summed E-state index contributed by atoms with van der Waals surface area (Å²) in [5.41, 5.74) is 3.97. The number of nitrogens with zero attached hydrogens (tertiary/aromatic N) is 1. The fourth-order valence-electron chi connectivity index (χ4n) is 7.44. The number of ether oxygens (including phenoxy) is 1. The van der Waals surface area contributed by atoms with Crippen LogP contribution in [0.5, 0.6) is 0 Å². The van der Waals surface area contributed by atoms with Crippen LogP contribution in [0, 0.1) is 28.1 Å². The number of hydrogen-bond acceptors (Lipinski definition) is 6. The third-order valence-electron chi connectivity index (χ3n) is 10.7. The van der Waals surface area contributed by atoms with Crippen molar-refractivity contribution in [2.45, 2.75) is 150 Å². The zero-order chi connectivity index (χ0) is 34.8. The maximum absolute atomic E-state index is 14.7. The zero-order valence-corrected chi connectivity index (χ0v) is 30.0. The lowest BCUT2D eigenvalue weighted by Crippen LogP contribution is -2.63. The van der Waals surface area contributed by atoms with Crippen LogP contribution in [0.2, 0.25) is 0 Å². The van der Waals surface area contributed by atoms with Gasteiger partial charge in [0.2, 0.25) is 17.6 Å². The molecule has 6 atom stereocenters. The number of unbranched alkanes of at least 4 members (excludes halogenated alkanes) is 1. The molecule has 0 spiro atoms.